The summed E-state index contributed by atoms with van der Waals surface area (Å²) in [6, 6.07) is -1.09. The van der Waals surface area contributed by atoms with Crippen LogP contribution < -0.4 is 5.32 Å². The van der Waals surface area contributed by atoms with Crippen molar-refractivity contribution in [2.45, 2.75) is 113 Å². The fourth-order valence-electron chi connectivity index (χ4n) is 4.48. The highest BCUT2D eigenvalue weighted by Crippen LogP contribution is 2.30. The number of carbonyl (C=O) groups is 2. The highest BCUT2D eigenvalue weighted by Gasteiger charge is 2.51. The number of nitrogens with one attached hydrogen (secondary N) is 1. The topological polar surface area (TPSA) is 214 Å². The van der Waals surface area contributed by atoms with Gasteiger partial charge in [0.2, 0.25) is 5.91 Å². The van der Waals surface area contributed by atoms with Crippen molar-refractivity contribution in [3.05, 3.63) is 0 Å². The normalized spacial score (nSPS) is 35.6. The van der Waals surface area contributed by atoms with E-state index in [-0.39, 0.29) is 12.6 Å². The second kappa shape index (κ2) is 16.6. The van der Waals surface area contributed by atoms with Crippen LogP contribution in [0.4, 0.5) is 0 Å². The number of hydrogen-bond donors (Lipinski definition) is 7. The minimum atomic E-state index is -1.74. The van der Waals surface area contributed by atoms with E-state index >= 15 is 0 Å². The van der Waals surface area contributed by atoms with Crippen molar-refractivity contribution in [2.75, 3.05) is 26.9 Å². The third kappa shape index (κ3) is 9.33. The monoisotopic (exact) mass is 553 g/mol. The second-order valence-electron chi connectivity index (χ2n) is 9.56. The van der Waals surface area contributed by atoms with E-state index in [1.165, 1.54) is 14.0 Å². The molecule has 10 atom stereocenters. The predicted octanol–water partition coefficient (Wildman–Crippen LogP) is -2.33. The Labute approximate surface area is 221 Å². The van der Waals surface area contributed by atoms with Gasteiger partial charge in [-0.1, -0.05) is 25.7 Å². The average Bonchev–Trinajstić information content (AvgIpc) is 2.90. The van der Waals surface area contributed by atoms with Crippen molar-refractivity contribution in [2.24, 2.45) is 0 Å². The quantitative estimate of drug-likeness (QED) is 0.0838. The Bertz CT molecular complexity index is 711. The Hall–Kier alpha value is -1.46. The summed E-state index contributed by atoms with van der Waals surface area (Å²) < 4.78 is 27.3. The van der Waals surface area contributed by atoms with Gasteiger partial charge in [0, 0.05) is 20.0 Å². The lowest BCUT2D eigenvalue weighted by atomic mass is 9.95. The van der Waals surface area contributed by atoms with Crippen molar-refractivity contribution >= 4 is 11.9 Å². The zero-order chi connectivity index (χ0) is 28.2. The Kier molecular flexibility index (Phi) is 14.3. The maximum atomic E-state index is 11.9. The molecule has 0 radical (unpaired) electrons. The molecular weight excluding hydrogens is 510 g/mol. The summed E-state index contributed by atoms with van der Waals surface area (Å²) in [4.78, 5) is 23.1. The fraction of sp³-hybridized carbons (Fsp3) is 0.917. The number of ether oxygens (including phenoxy) is 5. The number of rotatable bonds is 15. The first kappa shape index (κ1) is 32.8. The van der Waals surface area contributed by atoms with E-state index in [1.54, 1.807) is 0 Å². The van der Waals surface area contributed by atoms with Gasteiger partial charge in [0.05, 0.1) is 20.3 Å². The summed E-state index contributed by atoms with van der Waals surface area (Å²) in [5.74, 6) is -0.712. The van der Waals surface area contributed by atoms with Crippen LogP contribution in [0.5, 0.6) is 0 Å². The summed E-state index contributed by atoms with van der Waals surface area (Å²) in [6.07, 6.45) is -7.53. The van der Waals surface area contributed by atoms with Crippen molar-refractivity contribution in [1.29, 1.82) is 0 Å². The highest BCUT2D eigenvalue weighted by molar-refractivity contribution is 5.73. The summed E-state index contributed by atoms with van der Waals surface area (Å²) >= 11 is 0. The summed E-state index contributed by atoms with van der Waals surface area (Å²) in [5, 5.41) is 63.1. The molecule has 38 heavy (non-hydrogen) atoms. The van der Waals surface area contributed by atoms with Crippen molar-refractivity contribution in [1.82, 2.24) is 5.32 Å². The molecule has 2 aliphatic heterocycles. The minimum absolute atomic E-state index is 0.222. The van der Waals surface area contributed by atoms with Crippen LogP contribution in [0, 0.1) is 0 Å². The average molecular weight is 554 g/mol. The molecule has 0 spiro atoms. The molecular formula is C24H43NO13. The number of carbonyl (C=O) groups excluding carboxylic acids is 2. The fourth-order valence-corrected chi connectivity index (χ4v) is 4.48. The Morgan fingerprint density at radius 3 is 1.97 bits per heavy atom. The molecule has 0 unspecified atom stereocenters. The molecule has 2 saturated heterocycles. The largest absolute Gasteiger partial charge is 0.469 e. The summed E-state index contributed by atoms with van der Waals surface area (Å²) in [7, 11) is 1.36. The molecule has 0 aromatic carbocycles. The van der Waals surface area contributed by atoms with E-state index in [0.29, 0.717) is 12.8 Å². The number of aliphatic hydroxyl groups is 6. The molecule has 0 aromatic heterocycles. The molecule has 0 bridgehead atoms. The molecule has 0 saturated carbocycles. The number of unbranched alkanes of at least 4 members (excludes halogenated alkanes) is 5. The van der Waals surface area contributed by atoms with E-state index in [4.69, 9.17) is 18.9 Å². The lowest BCUT2D eigenvalue weighted by molar-refractivity contribution is -0.344. The molecule has 2 fully saturated rings. The van der Waals surface area contributed by atoms with E-state index in [9.17, 15) is 40.2 Å². The number of esters is 1. The van der Waals surface area contributed by atoms with Crippen LogP contribution in [0.1, 0.15) is 51.9 Å². The molecule has 7 N–H and O–H groups in total. The zero-order valence-electron chi connectivity index (χ0n) is 21.9. The first-order valence-electron chi connectivity index (χ1n) is 13.0. The van der Waals surface area contributed by atoms with Crippen LogP contribution in [0.2, 0.25) is 0 Å². The van der Waals surface area contributed by atoms with Crippen LogP contribution in [0.3, 0.4) is 0 Å². The van der Waals surface area contributed by atoms with Crippen molar-refractivity contribution in [3.63, 3.8) is 0 Å². The van der Waals surface area contributed by atoms with E-state index in [0.717, 1.165) is 32.1 Å². The van der Waals surface area contributed by atoms with Crippen LogP contribution in [0.15, 0.2) is 0 Å². The van der Waals surface area contributed by atoms with Gasteiger partial charge in [-0.15, -0.1) is 0 Å². The van der Waals surface area contributed by atoms with Gasteiger partial charge in [-0.05, 0) is 12.8 Å². The van der Waals surface area contributed by atoms with Gasteiger partial charge in [0.1, 0.15) is 48.8 Å². The van der Waals surface area contributed by atoms with Crippen LogP contribution in [-0.4, -0.2) is 131 Å². The predicted molar refractivity (Wildman–Crippen MR) is 128 cm³/mol. The lowest BCUT2D eigenvalue weighted by Crippen LogP contribution is -2.68. The molecule has 2 aliphatic rings. The van der Waals surface area contributed by atoms with Crippen molar-refractivity contribution in [3.8, 4) is 0 Å². The number of hydrogen-bond acceptors (Lipinski definition) is 13. The van der Waals surface area contributed by atoms with Gasteiger partial charge < -0.3 is 59.6 Å². The Morgan fingerprint density at radius 1 is 0.789 bits per heavy atom. The van der Waals surface area contributed by atoms with Crippen molar-refractivity contribution < 1.29 is 63.9 Å². The van der Waals surface area contributed by atoms with Gasteiger partial charge >= 0.3 is 5.97 Å². The van der Waals surface area contributed by atoms with E-state index in [2.05, 4.69) is 10.1 Å². The SMILES string of the molecule is COC(=O)CCCCCCCCO[C@@H]1O[C@H](CO)[C@@H](O)[C@H](O[C@@H]2O[C@H](CO)[C@H](O)[C@H](O)[C@H]2O)[C@H]1NC(C)=O. The number of methoxy groups -OCH3 is 1. The molecule has 222 valence electrons. The highest BCUT2D eigenvalue weighted by atomic mass is 16.7. The lowest BCUT2D eigenvalue weighted by Gasteiger charge is -2.47. The van der Waals surface area contributed by atoms with Crippen LogP contribution in [-0.2, 0) is 33.3 Å². The maximum Gasteiger partial charge on any atom is 0.305 e. The van der Waals surface area contributed by atoms with Gasteiger partial charge in [0.15, 0.2) is 12.6 Å². The molecule has 14 nitrogen and oxygen atoms in total. The third-order valence-corrected chi connectivity index (χ3v) is 6.65. The Morgan fingerprint density at radius 2 is 1.37 bits per heavy atom. The molecule has 0 aromatic rings. The molecule has 2 rings (SSSR count). The maximum absolute atomic E-state index is 11.9. The summed E-state index contributed by atoms with van der Waals surface area (Å²) in [6.45, 7) is 0.205. The Balaban J connectivity index is 1.97. The van der Waals surface area contributed by atoms with Crippen LogP contribution in [0.25, 0.3) is 0 Å². The minimum Gasteiger partial charge on any atom is -0.469 e. The second-order valence-corrected chi connectivity index (χ2v) is 9.56. The number of amides is 1. The van der Waals surface area contributed by atoms with E-state index < -0.39 is 80.5 Å². The van der Waals surface area contributed by atoms with Gasteiger partial charge in [0.25, 0.3) is 0 Å². The zero-order valence-corrected chi connectivity index (χ0v) is 21.9. The van der Waals surface area contributed by atoms with Crippen LogP contribution >= 0.6 is 0 Å². The first-order chi connectivity index (χ1) is 18.1. The third-order valence-electron chi connectivity index (χ3n) is 6.65. The first-order valence-corrected chi connectivity index (χ1v) is 13.0. The molecule has 2 heterocycles. The molecule has 0 aliphatic carbocycles. The van der Waals surface area contributed by atoms with E-state index in [1.807, 2.05) is 0 Å². The van der Waals surface area contributed by atoms with Gasteiger partial charge in [-0.2, -0.15) is 0 Å². The van der Waals surface area contributed by atoms with Gasteiger partial charge in [-0.3, -0.25) is 9.59 Å². The van der Waals surface area contributed by atoms with Gasteiger partial charge in [-0.25, -0.2) is 0 Å². The number of aliphatic hydroxyl groups excluding tert-OH is 6. The molecule has 14 heteroatoms. The smallest absolute Gasteiger partial charge is 0.305 e. The molecule has 1 amide bonds. The summed E-state index contributed by atoms with van der Waals surface area (Å²) in [5.41, 5.74) is 0. The standard InChI is InChI=1S/C24H43NO13/c1-13(28)25-17-22(38-24-21(33)20(32)18(30)14(11-26)37-24)19(31)15(12-27)36-23(17)35-10-8-6-4-3-5-7-9-16(29)34-2/h14-15,17-24,26-27,30-33H,3-12H2,1-2H3,(H,25,28)/t14-,15-,17-,18+,19-,20+,21-,22-,23-,24+/m1/s1.